The van der Waals surface area contributed by atoms with Crippen LogP contribution in [0, 0.1) is 6.92 Å². The molecular formula is C27H24O4. The maximum absolute atomic E-state index is 12.9. The van der Waals surface area contributed by atoms with Gasteiger partial charge in [-0.05, 0) is 49.2 Å². The molecule has 0 spiro atoms. The number of para-hydroxylation sites is 1. The number of benzene rings is 3. The Hall–Kier alpha value is -3.79. The van der Waals surface area contributed by atoms with E-state index in [0.717, 1.165) is 22.3 Å². The van der Waals surface area contributed by atoms with Gasteiger partial charge >= 0.3 is 0 Å². The first-order chi connectivity index (χ1) is 15.1. The predicted molar refractivity (Wildman–Crippen MR) is 123 cm³/mol. The van der Waals surface area contributed by atoms with Crippen molar-refractivity contribution in [3.8, 4) is 17.2 Å². The minimum absolute atomic E-state index is 0.143. The van der Waals surface area contributed by atoms with Crippen LogP contribution in [-0.2, 0) is 6.61 Å². The van der Waals surface area contributed by atoms with Gasteiger partial charge in [0.25, 0.3) is 0 Å². The second kappa shape index (κ2) is 8.92. The Kier molecular flexibility index (Phi) is 5.89. The van der Waals surface area contributed by atoms with E-state index in [9.17, 15) is 4.79 Å². The Morgan fingerprint density at radius 1 is 0.968 bits per heavy atom. The van der Waals surface area contributed by atoms with Gasteiger partial charge in [0.15, 0.2) is 5.76 Å². The second-order valence-corrected chi connectivity index (χ2v) is 7.21. The second-order valence-electron chi connectivity index (χ2n) is 7.21. The SMILES string of the molecule is C=Cc1ccc(COc2ccc3c(c2C)O/C(=C\c2ccccc2OCC)C3=O)cc1. The quantitative estimate of drug-likeness (QED) is 0.431. The van der Waals surface area contributed by atoms with E-state index in [-0.39, 0.29) is 11.5 Å². The van der Waals surface area contributed by atoms with Crippen molar-refractivity contribution in [3.05, 3.63) is 101 Å². The van der Waals surface area contributed by atoms with Crippen LogP contribution in [0.15, 0.2) is 73.0 Å². The van der Waals surface area contributed by atoms with E-state index in [1.165, 1.54) is 0 Å². The minimum atomic E-state index is -0.143. The lowest BCUT2D eigenvalue weighted by molar-refractivity contribution is 0.101. The molecule has 1 aliphatic heterocycles. The topological polar surface area (TPSA) is 44.8 Å². The Balaban J connectivity index is 1.56. The third-order valence-electron chi connectivity index (χ3n) is 5.15. The highest BCUT2D eigenvalue weighted by atomic mass is 16.5. The molecule has 31 heavy (non-hydrogen) atoms. The Labute approximate surface area is 182 Å². The highest BCUT2D eigenvalue weighted by Gasteiger charge is 2.30. The molecule has 156 valence electrons. The van der Waals surface area contributed by atoms with Crippen molar-refractivity contribution in [3.63, 3.8) is 0 Å². The molecule has 0 radical (unpaired) electrons. The lowest BCUT2D eigenvalue weighted by Gasteiger charge is -2.12. The highest BCUT2D eigenvalue weighted by molar-refractivity contribution is 6.15. The number of rotatable bonds is 7. The number of ketones is 1. The van der Waals surface area contributed by atoms with E-state index >= 15 is 0 Å². The van der Waals surface area contributed by atoms with Gasteiger partial charge in [0, 0.05) is 11.1 Å². The van der Waals surface area contributed by atoms with Gasteiger partial charge < -0.3 is 14.2 Å². The van der Waals surface area contributed by atoms with Crippen LogP contribution >= 0.6 is 0 Å². The first kappa shape index (κ1) is 20.5. The first-order valence-corrected chi connectivity index (χ1v) is 10.2. The monoisotopic (exact) mass is 412 g/mol. The van der Waals surface area contributed by atoms with Gasteiger partial charge in [-0.3, -0.25) is 4.79 Å². The summed E-state index contributed by atoms with van der Waals surface area (Å²) in [6.45, 7) is 8.57. The molecule has 3 aromatic rings. The number of hydrogen-bond acceptors (Lipinski definition) is 4. The first-order valence-electron chi connectivity index (χ1n) is 10.2. The van der Waals surface area contributed by atoms with Crippen molar-refractivity contribution in [1.29, 1.82) is 0 Å². The zero-order valence-electron chi connectivity index (χ0n) is 17.7. The Morgan fingerprint density at radius 2 is 1.74 bits per heavy atom. The van der Waals surface area contributed by atoms with Crippen LogP contribution < -0.4 is 14.2 Å². The summed E-state index contributed by atoms with van der Waals surface area (Å²) >= 11 is 0. The molecule has 4 nitrogen and oxygen atoms in total. The van der Waals surface area contributed by atoms with E-state index < -0.39 is 0 Å². The van der Waals surface area contributed by atoms with Crippen LogP contribution in [-0.4, -0.2) is 12.4 Å². The van der Waals surface area contributed by atoms with Crippen LogP contribution in [0.25, 0.3) is 12.2 Å². The van der Waals surface area contributed by atoms with E-state index in [4.69, 9.17) is 14.2 Å². The van der Waals surface area contributed by atoms with Crippen LogP contribution in [0.1, 0.15) is 39.5 Å². The van der Waals surface area contributed by atoms with Gasteiger partial charge in [0.05, 0.1) is 12.2 Å². The fourth-order valence-corrected chi connectivity index (χ4v) is 3.46. The summed E-state index contributed by atoms with van der Waals surface area (Å²) < 4.78 is 17.6. The number of allylic oxidation sites excluding steroid dienone is 1. The van der Waals surface area contributed by atoms with Gasteiger partial charge in [-0.2, -0.15) is 0 Å². The lowest BCUT2D eigenvalue weighted by Crippen LogP contribution is -1.99. The van der Waals surface area contributed by atoms with Gasteiger partial charge in [-0.25, -0.2) is 0 Å². The lowest BCUT2D eigenvalue weighted by atomic mass is 10.1. The molecule has 0 saturated carbocycles. The number of Topliss-reactive ketones (excluding diaryl/α,β-unsaturated/α-hetero) is 1. The molecule has 0 aromatic heterocycles. The zero-order valence-corrected chi connectivity index (χ0v) is 17.7. The standard InChI is InChI=1S/C27H24O4/c1-4-19-10-12-20(13-11-19)17-30-23-15-14-22-26(28)25(31-27(22)18(23)3)16-21-8-6-7-9-24(21)29-5-2/h4,6-16H,1,5,17H2,2-3H3/b25-16-. The van der Waals surface area contributed by atoms with Crippen LogP contribution in [0.2, 0.25) is 0 Å². The van der Waals surface area contributed by atoms with Crippen molar-refractivity contribution >= 4 is 17.9 Å². The molecule has 3 aromatic carbocycles. The molecular weight excluding hydrogens is 388 g/mol. The molecule has 0 atom stereocenters. The molecule has 4 heteroatoms. The highest BCUT2D eigenvalue weighted by Crippen LogP contribution is 2.40. The van der Waals surface area contributed by atoms with E-state index in [1.807, 2.05) is 74.5 Å². The van der Waals surface area contributed by atoms with E-state index in [1.54, 1.807) is 12.1 Å². The summed E-state index contributed by atoms with van der Waals surface area (Å²) in [6, 6.07) is 19.2. The van der Waals surface area contributed by atoms with Crippen LogP contribution in [0.4, 0.5) is 0 Å². The summed E-state index contributed by atoms with van der Waals surface area (Å²) in [5.41, 5.74) is 4.26. The molecule has 0 saturated heterocycles. The van der Waals surface area contributed by atoms with E-state index in [0.29, 0.717) is 36.0 Å². The van der Waals surface area contributed by atoms with Crippen LogP contribution in [0.5, 0.6) is 17.2 Å². The fraction of sp³-hybridized carbons (Fsp3) is 0.148. The van der Waals surface area contributed by atoms with Gasteiger partial charge in [0.2, 0.25) is 5.78 Å². The van der Waals surface area contributed by atoms with Crippen molar-refractivity contribution in [2.75, 3.05) is 6.61 Å². The molecule has 0 amide bonds. The van der Waals surface area contributed by atoms with Gasteiger partial charge in [-0.1, -0.05) is 55.1 Å². The summed E-state index contributed by atoms with van der Waals surface area (Å²) in [5, 5.41) is 0. The average molecular weight is 412 g/mol. The Morgan fingerprint density at radius 3 is 2.48 bits per heavy atom. The molecule has 0 unspecified atom stereocenters. The number of carbonyl (C=O) groups is 1. The number of carbonyl (C=O) groups excluding carboxylic acids is 1. The number of fused-ring (bicyclic) bond motifs is 1. The molecule has 0 bridgehead atoms. The fourth-order valence-electron chi connectivity index (χ4n) is 3.46. The summed E-state index contributed by atoms with van der Waals surface area (Å²) in [4.78, 5) is 12.9. The zero-order chi connectivity index (χ0) is 21.8. The molecule has 0 aliphatic carbocycles. The third kappa shape index (κ3) is 4.24. The predicted octanol–water partition coefficient (Wildman–Crippen LogP) is 6.23. The van der Waals surface area contributed by atoms with Gasteiger partial charge in [0.1, 0.15) is 23.9 Å². The maximum Gasteiger partial charge on any atom is 0.231 e. The van der Waals surface area contributed by atoms with Gasteiger partial charge in [-0.15, -0.1) is 0 Å². The molecule has 4 rings (SSSR count). The molecule has 1 aliphatic rings. The minimum Gasteiger partial charge on any atom is -0.493 e. The third-order valence-corrected chi connectivity index (χ3v) is 5.15. The molecule has 0 N–H and O–H groups in total. The van der Waals surface area contributed by atoms with Crippen molar-refractivity contribution in [2.24, 2.45) is 0 Å². The summed E-state index contributed by atoms with van der Waals surface area (Å²) in [5.74, 6) is 2.09. The van der Waals surface area contributed by atoms with Crippen molar-refractivity contribution < 1.29 is 19.0 Å². The molecule has 0 fully saturated rings. The van der Waals surface area contributed by atoms with Crippen molar-refractivity contribution in [1.82, 2.24) is 0 Å². The number of hydrogen-bond donors (Lipinski definition) is 0. The number of ether oxygens (including phenoxy) is 3. The largest absolute Gasteiger partial charge is 0.493 e. The normalized spacial score (nSPS) is 13.6. The summed E-state index contributed by atoms with van der Waals surface area (Å²) in [7, 11) is 0. The summed E-state index contributed by atoms with van der Waals surface area (Å²) in [6.07, 6.45) is 3.54. The molecule has 1 heterocycles. The smallest absolute Gasteiger partial charge is 0.231 e. The Bertz CT molecular complexity index is 1160. The van der Waals surface area contributed by atoms with Crippen molar-refractivity contribution in [2.45, 2.75) is 20.5 Å². The maximum atomic E-state index is 12.9. The van der Waals surface area contributed by atoms with E-state index in [2.05, 4.69) is 6.58 Å². The van der Waals surface area contributed by atoms with Crippen LogP contribution in [0.3, 0.4) is 0 Å². The average Bonchev–Trinajstić information content (AvgIpc) is 3.11.